The number of aryl methyl sites for hydroxylation is 1. The molecule has 0 saturated carbocycles. The standard InChI is InChI=1S/C19H20NO7/c1-11(12(2)24-6-7-26-20(22)23)19-16-5-4-14(8-17(16)13(3)27-19)15-9-18(21)25-10-15/h4-5,8-9,11-12H,2,6-7,10H2,1,3H3. The third-order valence-electron chi connectivity index (χ3n) is 4.54. The second-order valence-corrected chi connectivity index (χ2v) is 6.31. The second-order valence-electron chi connectivity index (χ2n) is 6.31. The van der Waals surface area contributed by atoms with E-state index in [-0.39, 0.29) is 31.7 Å². The van der Waals surface area contributed by atoms with Gasteiger partial charge in [0.05, 0.1) is 12.7 Å². The van der Waals surface area contributed by atoms with Crippen LogP contribution in [0.5, 0.6) is 0 Å². The van der Waals surface area contributed by atoms with Crippen LogP contribution in [-0.2, 0) is 19.1 Å². The number of cyclic esters (lactones) is 1. The van der Waals surface area contributed by atoms with Gasteiger partial charge in [-0.3, -0.25) is 0 Å². The monoisotopic (exact) mass is 374 g/mol. The first-order chi connectivity index (χ1) is 12.9. The highest BCUT2D eigenvalue weighted by atomic mass is 17.0. The van der Waals surface area contributed by atoms with Crippen molar-refractivity contribution in [1.82, 2.24) is 0 Å². The van der Waals surface area contributed by atoms with Crippen LogP contribution in [0.15, 0.2) is 28.7 Å². The van der Waals surface area contributed by atoms with E-state index in [1.807, 2.05) is 32.0 Å². The molecule has 0 aliphatic carbocycles. The summed E-state index contributed by atoms with van der Waals surface area (Å²) in [5, 5.41) is 11.2. The third-order valence-corrected chi connectivity index (χ3v) is 4.54. The van der Waals surface area contributed by atoms with Gasteiger partial charge in [0, 0.05) is 28.3 Å². The Labute approximate surface area is 155 Å². The smallest absolute Gasteiger partial charge is 0.331 e. The minimum Gasteiger partial charge on any atom is -0.465 e. The lowest BCUT2D eigenvalue weighted by Gasteiger charge is -2.19. The molecule has 0 fully saturated rings. The number of benzene rings is 1. The summed E-state index contributed by atoms with van der Waals surface area (Å²) < 4.78 is 16.4. The Kier molecular flexibility index (Phi) is 5.46. The van der Waals surface area contributed by atoms with E-state index in [1.165, 1.54) is 6.08 Å². The highest BCUT2D eigenvalue weighted by molar-refractivity contribution is 5.98. The van der Waals surface area contributed by atoms with E-state index in [4.69, 9.17) is 13.9 Å². The first-order valence-corrected chi connectivity index (χ1v) is 8.49. The van der Waals surface area contributed by atoms with Gasteiger partial charge in [0.15, 0.2) is 0 Å². The molecule has 143 valence electrons. The summed E-state index contributed by atoms with van der Waals surface area (Å²) in [6, 6.07) is 5.84. The van der Waals surface area contributed by atoms with E-state index >= 15 is 0 Å². The Morgan fingerprint density at radius 3 is 2.78 bits per heavy atom. The maximum absolute atomic E-state index is 11.3. The van der Waals surface area contributed by atoms with Crippen molar-refractivity contribution < 1.29 is 28.6 Å². The molecule has 2 atom stereocenters. The van der Waals surface area contributed by atoms with Crippen LogP contribution in [0.4, 0.5) is 0 Å². The number of nitrogens with zero attached hydrogens (tertiary/aromatic N) is 1. The van der Waals surface area contributed by atoms with Crippen LogP contribution < -0.4 is 0 Å². The average Bonchev–Trinajstić information content (AvgIpc) is 3.21. The van der Waals surface area contributed by atoms with Crippen LogP contribution in [0.2, 0.25) is 0 Å². The maximum Gasteiger partial charge on any atom is 0.331 e. The van der Waals surface area contributed by atoms with Gasteiger partial charge in [0.2, 0.25) is 0 Å². The number of furan rings is 1. The van der Waals surface area contributed by atoms with E-state index in [0.717, 1.165) is 33.4 Å². The highest BCUT2D eigenvalue weighted by Gasteiger charge is 2.23. The highest BCUT2D eigenvalue weighted by Crippen LogP contribution is 2.35. The van der Waals surface area contributed by atoms with Gasteiger partial charge in [-0.1, -0.05) is 19.1 Å². The number of carbonyl (C=O) groups excluding carboxylic acids is 1. The summed E-state index contributed by atoms with van der Waals surface area (Å²) >= 11 is 0. The van der Waals surface area contributed by atoms with Crippen molar-refractivity contribution in [3.05, 3.63) is 58.4 Å². The third kappa shape index (κ3) is 4.11. The van der Waals surface area contributed by atoms with Crippen molar-refractivity contribution in [3.8, 4) is 0 Å². The lowest BCUT2D eigenvalue weighted by Crippen LogP contribution is -2.20. The second kappa shape index (κ2) is 7.79. The van der Waals surface area contributed by atoms with Gasteiger partial charge in [-0.25, -0.2) is 4.79 Å². The molecule has 2 heterocycles. The largest absolute Gasteiger partial charge is 0.465 e. The Balaban J connectivity index is 1.77. The topological polar surface area (TPSA) is 101 Å². The molecule has 0 spiro atoms. The van der Waals surface area contributed by atoms with Crippen molar-refractivity contribution in [2.45, 2.75) is 25.9 Å². The number of hydrogen-bond acceptors (Lipinski definition) is 7. The SMILES string of the molecule is [CH2]C(OCCO[N+](=O)[O-])C(C)c1oc(C)c2cc(C3=CC(=O)OC3)ccc12. The fraction of sp³-hybridized carbons (Fsp3) is 0.368. The van der Waals surface area contributed by atoms with Crippen LogP contribution in [0.25, 0.3) is 16.3 Å². The quantitative estimate of drug-likeness (QED) is 0.303. The molecule has 0 bridgehead atoms. The first-order valence-electron chi connectivity index (χ1n) is 8.49. The molecule has 2 aromatic rings. The predicted octanol–water partition coefficient (Wildman–Crippen LogP) is 3.21. The molecular formula is C19H20NO7. The van der Waals surface area contributed by atoms with Gasteiger partial charge < -0.3 is 18.7 Å². The summed E-state index contributed by atoms with van der Waals surface area (Å²) in [5.41, 5.74) is 1.75. The zero-order valence-electron chi connectivity index (χ0n) is 15.1. The van der Waals surface area contributed by atoms with Crippen molar-refractivity contribution in [2.75, 3.05) is 19.8 Å². The van der Waals surface area contributed by atoms with Crippen LogP contribution in [0.3, 0.4) is 0 Å². The predicted molar refractivity (Wildman–Crippen MR) is 96.3 cm³/mol. The number of carbonyl (C=O) groups is 1. The molecule has 3 rings (SSSR count). The Hall–Kier alpha value is -2.87. The van der Waals surface area contributed by atoms with Crippen molar-refractivity contribution >= 4 is 22.3 Å². The van der Waals surface area contributed by atoms with Gasteiger partial charge >= 0.3 is 5.97 Å². The molecule has 8 nitrogen and oxygen atoms in total. The van der Waals surface area contributed by atoms with Gasteiger partial charge in [0.1, 0.15) is 24.7 Å². The van der Waals surface area contributed by atoms with E-state index in [1.54, 1.807) is 0 Å². The van der Waals surface area contributed by atoms with Gasteiger partial charge in [-0.2, -0.15) is 0 Å². The maximum atomic E-state index is 11.3. The molecule has 8 heteroatoms. The lowest BCUT2D eigenvalue weighted by atomic mass is 9.97. The zero-order valence-corrected chi connectivity index (χ0v) is 15.1. The summed E-state index contributed by atoms with van der Waals surface area (Å²) in [4.78, 5) is 25.7. The summed E-state index contributed by atoms with van der Waals surface area (Å²) in [6.45, 7) is 7.94. The van der Waals surface area contributed by atoms with Crippen LogP contribution in [-0.4, -0.2) is 37.0 Å². The molecular weight excluding hydrogens is 354 g/mol. The normalized spacial score (nSPS) is 16.1. The Morgan fingerprint density at radius 1 is 1.33 bits per heavy atom. The summed E-state index contributed by atoms with van der Waals surface area (Å²) in [5.74, 6) is 0.986. The van der Waals surface area contributed by atoms with Crippen LogP contribution in [0.1, 0.15) is 29.9 Å². The number of ether oxygens (including phenoxy) is 2. The van der Waals surface area contributed by atoms with Crippen molar-refractivity contribution in [2.24, 2.45) is 0 Å². The summed E-state index contributed by atoms with van der Waals surface area (Å²) in [7, 11) is 0. The number of rotatable bonds is 8. The van der Waals surface area contributed by atoms with E-state index in [2.05, 4.69) is 11.8 Å². The molecule has 0 N–H and O–H groups in total. The molecule has 0 saturated heterocycles. The fourth-order valence-electron chi connectivity index (χ4n) is 3.03. The van der Waals surface area contributed by atoms with Crippen LogP contribution >= 0.6 is 0 Å². The first kappa shape index (κ1) is 18.9. The van der Waals surface area contributed by atoms with Crippen molar-refractivity contribution in [1.29, 1.82) is 0 Å². The zero-order chi connectivity index (χ0) is 19.6. The molecule has 1 aromatic heterocycles. The molecule has 1 aliphatic rings. The van der Waals surface area contributed by atoms with Gasteiger partial charge in [-0.05, 0) is 25.5 Å². The lowest BCUT2D eigenvalue weighted by molar-refractivity contribution is -0.758. The van der Waals surface area contributed by atoms with Gasteiger partial charge in [-0.15, -0.1) is 10.1 Å². The Morgan fingerprint density at radius 2 is 2.11 bits per heavy atom. The minimum atomic E-state index is -0.857. The fourth-order valence-corrected chi connectivity index (χ4v) is 3.03. The molecule has 0 amide bonds. The Bertz CT molecular complexity index is 899. The number of esters is 1. The number of fused-ring (bicyclic) bond motifs is 1. The molecule has 1 aromatic carbocycles. The van der Waals surface area contributed by atoms with Crippen LogP contribution in [0, 0.1) is 24.0 Å². The van der Waals surface area contributed by atoms with E-state index in [9.17, 15) is 14.9 Å². The molecule has 1 aliphatic heterocycles. The average molecular weight is 374 g/mol. The minimum absolute atomic E-state index is 0.0590. The van der Waals surface area contributed by atoms with E-state index < -0.39 is 11.2 Å². The number of hydrogen-bond donors (Lipinski definition) is 0. The molecule has 2 unspecified atom stereocenters. The van der Waals surface area contributed by atoms with Gasteiger partial charge in [0.25, 0.3) is 5.09 Å². The molecule has 1 radical (unpaired) electrons. The molecule has 27 heavy (non-hydrogen) atoms. The summed E-state index contributed by atoms with van der Waals surface area (Å²) in [6.07, 6.45) is 1.03. The van der Waals surface area contributed by atoms with Crippen molar-refractivity contribution in [3.63, 3.8) is 0 Å². The van der Waals surface area contributed by atoms with E-state index in [0.29, 0.717) is 0 Å².